The van der Waals surface area contributed by atoms with E-state index in [9.17, 15) is 4.39 Å². The van der Waals surface area contributed by atoms with E-state index in [0.29, 0.717) is 23.0 Å². The number of rotatable bonds is 2. The SMILES string of the molecule is CC1CCCN(C(N)=NCc2cc(C#N)ccc2F)C1.I. The Morgan fingerprint density at radius 1 is 1.57 bits per heavy atom. The molecule has 1 atom stereocenters. The summed E-state index contributed by atoms with van der Waals surface area (Å²) in [7, 11) is 0. The third kappa shape index (κ3) is 4.84. The molecule has 0 bridgehead atoms. The number of halogens is 2. The van der Waals surface area contributed by atoms with Crippen LogP contribution >= 0.6 is 24.0 Å². The fourth-order valence-corrected chi connectivity index (χ4v) is 2.43. The van der Waals surface area contributed by atoms with Crippen molar-refractivity contribution in [1.82, 2.24) is 4.90 Å². The third-order valence-corrected chi connectivity index (χ3v) is 3.57. The lowest BCUT2D eigenvalue weighted by atomic mass is 10.0. The summed E-state index contributed by atoms with van der Waals surface area (Å²) in [5.74, 6) is 0.710. The van der Waals surface area contributed by atoms with Gasteiger partial charge >= 0.3 is 0 Å². The van der Waals surface area contributed by atoms with Gasteiger partial charge in [0.1, 0.15) is 5.82 Å². The van der Waals surface area contributed by atoms with Crippen molar-refractivity contribution in [3.63, 3.8) is 0 Å². The molecular weight excluding hydrogens is 382 g/mol. The van der Waals surface area contributed by atoms with E-state index in [1.165, 1.54) is 24.6 Å². The van der Waals surface area contributed by atoms with Crippen LogP contribution in [0.1, 0.15) is 30.9 Å². The van der Waals surface area contributed by atoms with Crippen LogP contribution < -0.4 is 5.73 Å². The lowest BCUT2D eigenvalue weighted by molar-refractivity contribution is 0.270. The summed E-state index contributed by atoms with van der Waals surface area (Å²) in [5, 5.41) is 8.82. The maximum absolute atomic E-state index is 13.6. The summed E-state index contributed by atoms with van der Waals surface area (Å²) in [6.45, 7) is 4.16. The zero-order valence-corrected chi connectivity index (χ0v) is 14.4. The Morgan fingerprint density at radius 2 is 2.33 bits per heavy atom. The predicted molar refractivity (Wildman–Crippen MR) is 91.8 cm³/mol. The van der Waals surface area contributed by atoms with Crippen LogP contribution in [0.25, 0.3) is 0 Å². The summed E-state index contributed by atoms with van der Waals surface area (Å²) < 4.78 is 13.6. The summed E-state index contributed by atoms with van der Waals surface area (Å²) in [6.07, 6.45) is 2.32. The number of benzene rings is 1. The molecule has 114 valence electrons. The number of nitrogens with zero attached hydrogens (tertiary/aromatic N) is 3. The second-order valence-corrected chi connectivity index (χ2v) is 5.29. The molecule has 2 rings (SSSR count). The summed E-state index contributed by atoms with van der Waals surface area (Å²) >= 11 is 0. The van der Waals surface area contributed by atoms with Crippen molar-refractivity contribution in [3.8, 4) is 6.07 Å². The molecule has 1 heterocycles. The Bertz CT molecular complexity index is 553. The molecule has 1 saturated heterocycles. The van der Waals surface area contributed by atoms with Crippen molar-refractivity contribution in [1.29, 1.82) is 5.26 Å². The highest BCUT2D eigenvalue weighted by Crippen LogP contribution is 2.16. The summed E-state index contributed by atoms with van der Waals surface area (Å²) in [4.78, 5) is 6.30. The number of hydrogen-bond donors (Lipinski definition) is 1. The number of nitrogens with two attached hydrogens (primary N) is 1. The van der Waals surface area contributed by atoms with Gasteiger partial charge in [0, 0.05) is 18.7 Å². The molecular formula is C15H20FIN4. The van der Waals surface area contributed by atoms with E-state index in [0.717, 1.165) is 19.5 Å². The maximum Gasteiger partial charge on any atom is 0.191 e. The minimum absolute atomic E-state index is 0. The van der Waals surface area contributed by atoms with Gasteiger partial charge in [-0.2, -0.15) is 5.26 Å². The van der Waals surface area contributed by atoms with Crippen LogP contribution in [0, 0.1) is 23.1 Å². The molecule has 1 aromatic carbocycles. The van der Waals surface area contributed by atoms with Crippen molar-refractivity contribution < 1.29 is 4.39 Å². The van der Waals surface area contributed by atoms with E-state index in [1.54, 1.807) is 0 Å². The van der Waals surface area contributed by atoms with Gasteiger partial charge < -0.3 is 10.6 Å². The zero-order valence-electron chi connectivity index (χ0n) is 12.1. The predicted octanol–water partition coefficient (Wildman–Crippen LogP) is 2.86. The van der Waals surface area contributed by atoms with Crippen LogP contribution in [-0.2, 0) is 6.54 Å². The topological polar surface area (TPSA) is 65.4 Å². The van der Waals surface area contributed by atoms with E-state index < -0.39 is 0 Å². The molecule has 1 unspecified atom stereocenters. The van der Waals surface area contributed by atoms with E-state index >= 15 is 0 Å². The molecule has 0 radical (unpaired) electrons. The first-order valence-corrected chi connectivity index (χ1v) is 6.83. The lowest BCUT2D eigenvalue weighted by Gasteiger charge is -2.31. The fraction of sp³-hybridized carbons (Fsp3) is 0.467. The molecule has 0 aromatic heterocycles. The van der Waals surface area contributed by atoms with Crippen LogP contribution in [0.15, 0.2) is 23.2 Å². The van der Waals surface area contributed by atoms with Crippen LogP contribution in [0.2, 0.25) is 0 Å². The molecule has 0 amide bonds. The van der Waals surface area contributed by atoms with Gasteiger partial charge in [-0.1, -0.05) is 6.92 Å². The van der Waals surface area contributed by atoms with Crippen molar-refractivity contribution >= 4 is 29.9 Å². The summed E-state index contributed by atoms with van der Waals surface area (Å²) in [6, 6.07) is 6.26. The van der Waals surface area contributed by atoms with Crippen LogP contribution in [0.4, 0.5) is 4.39 Å². The van der Waals surface area contributed by atoms with Gasteiger partial charge in [0.15, 0.2) is 5.96 Å². The molecule has 4 nitrogen and oxygen atoms in total. The van der Waals surface area contributed by atoms with Gasteiger partial charge in [0.25, 0.3) is 0 Å². The second kappa shape index (κ2) is 8.17. The van der Waals surface area contributed by atoms with Crippen molar-refractivity contribution in [2.45, 2.75) is 26.3 Å². The van der Waals surface area contributed by atoms with E-state index in [1.807, 2.05) is 11.0 Å². The first-order valence-electron chi connectivity index (χ1n) is 6.83. The van der Waals surface area contributed by atoms with Gasteiger partial charge in [0.05, 0.1) is 18.2 Å². The Kier molecular flexibility index (Phi) is 6.89. The molecule has 0 saturated carbocycles. The van der Waals surface area contributed by atoms with Crippen molar-refractivity contribution in [2.24, 2.45) is 16.6 Å². The Labute approximate surface area is 141 Å². The Balaban J connectivity index is 0.00000220. The number of nitriles is 1. The fourth-order valence-electron chi connectivity index (χ4n) is 2.43. The maximum atomic E-state index is 13.6. The largest absolute Gasteiger partial charge is 0.370 e. The van der Waals surface area contributed by atoms with Gasteiger partial charge in [0.2, 0.25) is 0 Å². The standard InChI is InChI=1S/C15H19FN4.HI/c1-11-3-2-6-20(10-11)15(18)19-9-13-7-12(8-17)4-5-14(13)16;/h4-5,7,11H,2-3,6,9-10H2,1H3,(H2,18,19);1H. The average Bonchev–Trinajstić information content (AvgIpc) is 2.46. The number of guanidine groups is 1. The monoisotopic (exact) mass is 402 g/mol. The quantitative estimate of drug-likeness (QED) is 0.470. The molecule has 6 heteroatoms. The highest BCUT2D eigenvalue weighted by molar-refractivity contribution is 14.0. The van der Waals surface area contributed by atoms with Crippen molar-refractivity contribution in [3.05, 3.63) is 35.1 Å². The minimum Gasteiger partial charge on any atom is -0.370 e. The number of piperidine rings is 1. The molecule has 21 heavy (non-hydrogen) atoms. The van der Waals surface area contributed by atoms with E-state index in [4.69, 9.17) is 11.0 Å². The van der Waals surface area contributed by atoms with Crippen LogP contribution in [-0.4, -0.2) is 23.9 Å². The third-order valence-electron chi connectivity index (χ3n) is 3.57. The molecule has 0 aliphatic carbocycles. The lowest BCUT2D eigenvalue weighted by Crippen LogP contribution is -2.43. The molecule has 1 aromatic rings. The van der Waals surface area contributed by atoms with Crippen molar-refractivity contribution in [2.75, 3.05) is 13.1 Å². The first-order chi connectivity index (χ1) is 9.60. The van der Waals surface area contributed by atoms with E-state index in [-0.39, 0.29) is 36.3 Å². The molecule has 1 fully saturated rings. The first kappa shape index (κ1) is 17.7. The highest BCUT2D eigenvalue weighted by Gasteiger charge is 2.17. The minimum atomic E-state index is -0.354. The van der Waals surface area contributed by atoms with E-state index in [2.05, 4.69) is 11.9 Å². The summed E-state index contributed by atoms with van der Waals surface area (Å²) in [5.41, 5.74) is 6.80. The smallest absolute Gasteiger partial charge is 0.191 e. The van der Waals surface area contributed by atoms with Crippen LogP contribution in [0.3, 0.4) is 0 Å². The van der Waals surface area contributed by atoms with Gasteiger partial charge in [-0.05, 0) is 37.0 Å². The highest BCUT2D eigenvalue weighted by atomic mass is 127. The average molecular weight is 402 g/mol. The molecule has 1 aliphatic rings. The Hall–Kier alpha value is -1.36. The molecule has 0 spiro atoms. The second-order valence-electron chi connectivity index (χ2n) is 5.29. The molecule has 2 N–H and O–H groups in total. The van der Waals surface area contributed by atoms with Crippen LogP contribution in [0.5, 0.6) is 0 Å². The normalized spacial score (nSPS) is 18.8. The number of hydrogen-bond acceptors (Lipinski definition) is 2. The Morgan fingerprint density at radius 3 is 3.00 bits per heavy atom. The number of likely N-dealkylation sites (tertiary alicyclic amines) is 1. The van der Waals surface area contributed by atoms with Gasteiger partial charge in [-0.15, -0.1) is 24.0 Å². The van der Waals surface area contributed by atoms with Gasteiger partial charge in [-0.3, -0.25) is 0 Å². The van der Waals surface area contributed by atoms with Gasteiger partial charge in [-0.25, -0.2) is 9.38 Å². The molecule has 1 aliphatic heterocycles. The number of aliphatic imine (C=N–C) groups is 1. The zero-order chi connectivity index (χ0) is 14.5.